The molecule has 7 nitrogen and oxygen atoms in total. The SMILES string of the molecule is Cc1ccc(NC(=O)CSc2nnc(CN3CCOCC3)o2)cc1Cl. The second-order valence-electron chi connectivity index (χ2n) is 5.65. The molecule has 1 aromatic carbocycles. The smallest absolute Gasteiger partial charge is 0.277 e. The van der Waals surface area contributed by atoms with Gasteiger partial charge in [0.15, 0.2) is 0 Å². The van der Waals surface area contributed by atoms with E-state index < -0.39 is 0 Å². The molecule has 0 saturated carbocycles. The van der Waals surface area contributed by atoms with Crippen molar-refractivity contribution in [3.8, 4) is 0 Å². The van der Waals surface area contributed by atoms with E-state index in [1.807, 2.05) is 19.1 Å². The van der Waals surface area contributed by atoms with Gasteiger partial charge in [0.25, 0.3) is 5.22 Å². The van der Waals surface area contributed by atoms with Crippen molar-refractivity contribution in [1.82, 2.24) is 15.1 Å². The van der Waals surface area contributed by atoms with Crippen LogP contribution >= 0.6 is 23.4 Å². The zero-order chi connectivity index (χ0) is 17.6. The van der Waals surface area contributed by atoms with Crippen molar-refractivity contribution in [1.29, 1.82) is 0 Å². The van der Waals surface area contributed by atoms with E-state index in [2.05, 4.69) is 20.4 Å². The van der Waals surface area contributed by atoms with Gasteiger partial charge in [-0.25, -0.2) is 0 Å². The minimum Gasteiger partial charge on any atom is -0.415 e. The Kier molecular flexibility index (Phi) is 6.30. The highest BCUT2D eigenvalue weighted by Gasteiger charge is 2.15. The highest BCUT2D eigenvalue weighted by molar-refractivity contribution is 7.99. The second-order valence-corrected chi connectivity index (χ2v) is 6.98. The van der Waals surface area contributed by atoms with Crippen molar-refractivity contribution in [2.45, 2.75) is 18.7 Å². The number of nitrogens with zero attached hydrogens (tertiary/aromatic N) is 3. The van der Waals surface area contributed by atoms with Gasteiger partial charge in [0.05, 0.1) is 25.5 Å². The molecule has 0 radical (unpaired) electrons. The van der Waals surface area contributed by atoms with Gasteiger partial charge in [0.2, 0.25) is 11.8 Å². The van der Waals surface area contributed by atoms with Crippen LogP contribution in [0.2, 0.25) is 5.02 Å². The van der Waals surface area contributed by atoms with Crippen molar-refractivity contribution >= 4 is 35.0 Å². The fourth-order valence-electron chi connectivity index (χ4n) is 2.31. The molecule has 1 aliphatic heterocycles. The average Bonchev–Trinajstić information content (AvgIpc) is 3.05. The van der Waals surface area contributed by atoms with Crippen LogP contribution in [0, 0.1) is 6.92 Å². The Hall–Kier alpha value is -1.61. The van der Waals surface area contributed by atoms with Crippen LogP contribution in [0.5, 0.6) is 0 Å². The summed E-state index contributed by atoms with van der Waals surface area (Å²) in [5.74, 6) is 0.581. The molecule has 0 aliphatic carbocycles. The fourth-order valence-corrected chi connectivity index (χ4v) is 3.07. The summed E-state index contributed by atoms with van der Waals surface area (Å²) in [5, 5.41) is 11.8. The maximum absolute atomic E-state index is 12.0. The largest absolute Gasteiger partial charge is 0.415 e. The third kappa shape index (κ3) is 5.43. The zero-order valence-corrected chi connectivity index (χ0v) is 15.4. The van der Waals surface area contributed by atoms with Crippen molar-refractivity contribution in [2.24, 2.45) is 0 Å². The summed E-state index contributed by atoms with van der Waals surface area (Å²) in [6.07, 6.45) is 0. The minimum atomic E-state index is -0.155. The number of amides is 1. The molecule has 1 N–H and O–H groups in total. The van der Waals surface area contributed by atoms with E-state index in [0.29, 0.717) is 28.4 Å². The monoisotopic (exact) mass is 382 g/mol. The van der Waals surface area contributed by atoms with Crippen molar-refractivity contribution in [3.05, 3.63) is 34.7 Å². The molecule has 25 heavy (non-hydrogen) atoms. The standard InChI is InChI=1S/C16H19ClN4O3S/c1-11-2-3-12(8-13(11)17)18-14(22)10-25-16-20-19-15(24-16)9-21-4-6-23-7-5-21/h2-3,8H,4-7,9-10H2,1H3,(H,18,22). The number of aryl methyl sites for hydroxylation is 1. The molecular formula is C16H19ClN4O3S. The third-order valence-electron chi connectivity index (χ3n) is 3.69. The molecule has 134 valence electrons. The number of carbonyl (C=O) groups excluding carboxylic acids is 1. The lowest BCUT2D eigenvalue weighted by atomic mass is 10.2. The first-order valence-electron chi connectivity index (χ1n) is 7.91. The lowest BCUT2D eigenvalue weighted by molar-refractivity contribution is -0.113. The number of hydrogen-bond acceptors (Lipinski definition) is 7. The molecule has 0 bridgehead atoms. The molecule has 1 amide bonds. The van der Waals surface area contributed by atoms with Gasteiger partial charge in [-0.15, -0.1) is 10.2 Å². The number of benzene rings is 1. The average molecular weight is 383 g/mol. The number of thioether (sulfide) groups is 1. The number of nitrogens with one attached hydrogen (secondary N) is 1. The molecule has 2 aromatic rings. The Morgan fingerprint density at radius 1 is 1.36 bits per heavy atom. The molecule has 1 saturated heterocycles. The number of rotatable bonds is 6. The van der Waals surface area contributed by atoms with Crippen molar-refractivity contribution < 1.29 is 13.9 Å². The van der Waals surface area contributed by atoms with Crippen LogP contribution in [0.15, 0.2) is 27.8 Å². The van der Waals surface area contributed by atoms with Crippen LogP contribution < -0.4 is 5.32 Å². The van der Waals surface area contributed by atoms with Gasteiger partial charge in [-0.2, -0.15) is 0 Å². The van der Waals surface area contributed by atoms with Gasteiger partial charge in [-0.1, -0.05) is 29.4 Å². The Morgan fingerprint density at radius 3 is 2.92 bits per heavy atom. The first-order valence-corrected chi connectivity index (χ1v) is 9.28. The van der Waals surface area contributed by atoms with Crippen LogP contribution in [0.1, 0.15) is 11.5 Å². The topological polar surface area (TPSA) is 80.5 Å². The van der Waals surface area contributed by atoms with E-state index in [-0.39, 0.29) is 11.7 Å². The van der Waals surface area contributed by atoms with Gasteiger partial charge in [0, 0.05) is 23.8 Å². The van der Waals surface area contributed by atoms with E-state index in [9.17, 15) is 4.79 Å². The number of halogens is 1. The highest BCUT2D eigenvalue weighted by atomic mass is 35.5. The van der Waals surface area contributed by atoms with Crippen LogP contribution in [-0.4, -0.2) is 53.1 Å². The van der Waals surface area contributed by atoms with E-state index in [0.717, 1.165) is 31.9 Å². The quantitative estimate of drug-likeness (QED) is 0.769. The van der Waals surface area contributed by atoms with Crippen LogP contribution in [-0.2, 0) is 16.1 Å². The zero-order valence-electron chi connectivity index (χ0n) is 13.8. The molecule has 1 aliphatic rings. The van der Waals surface area contributed by atoms with Gasteiger partial charge in [-0.05, 0) is 24.6 Å². The maximum atomic E-state index is 12.0. The summed E-state index contributed by atoms with van der Waals surface area (Å²) in [5.41, 5.74) is 1.63. The minimum absolute atomic E-state index is 0.155. The number of anilines is 1. The van der Waals surface area contributed by atoms with Crippen molar-refractivity contribution in [3.63, 3.8) is 0 Å². The molecule has 9 heteroatoms. The van der Waals surface area contributed by atoms with Gasteiger partial charge in [0.1, 0.15) is 0 Å². The summed E-state index contributed by atoms with van der Waals surface area (Å²) in [4.78, 5) is 14.2. The predicted molar refractivity (Wildman–Crippen MR) is 95.9 cm³/mol. The Morgan fingerprint density at radius 2 is 2.16 bits per heavy atom. The Balaban J connectivity index is 1.46. The third-order valence-corrected chi connectivity index (χ3v) is 4.92. The maximum Gasteiger partial charge on any atom is 0.277 e. The molecular weight excluding hydrogens is 364 g/mol. The van der Waals surface area contributed by atoms with Gasteiger partial charge < -0.3 is 14.5 Å². The lowest BCUT2D eigenvalue weighted by Gasteiger charge is -2.24. The summed E-state index contributed by atoms with van der Waals surface area (Å²) in [6.45, 7) is 5.66. The summed E-state index contributed by atoms with van der Waals surface area (Å²) in [6, 6.07) is 5.41. The molecule has 3 rings (SSSR count). The summed E-state index contributed by atoms with van der Waals surface area (Å²) < 4.78 is 10.9. The first kappa shape index (κ1) is 18.2. The molecule has 0 atom stereocenters. The van der Waals surface area contributed by atoms with Crippen LogP contribution in [0.4, 0.5) is 5.69 Å². The Bertz CT molecular complexity index is 734. The van der Waals surface area contributed by atoms with E-state index in [1.54, 1.807) is 6.07 Å². The number of carbonyl (C=O) groups is 1. The normalized spacial score (nSPS) is 15.3. The summed E-state index contributed by atoms with van der Waals surface area (Å²) >= 11 is 7.26. The van der Waals surface area contributed by atoms with Crippen molar-refractivity contribution in [2.75, 3.05) is 37.4 Å². The molecule has 0 unspecified atom stereocenters. The summed E-state index contributed by atoms with van der Waals surface area (Å²) in [7, 11) is 0. The number of ether oxygens (including phenoxy) is 1. The van der Waals surface area contributed by atoms with Crippen LogP contribution in [0.25, 0.3) is 0 Å². The van der Waals surface area contributed by atoms with Gasteiger partial charge >= 0.3 is 0 Å². The predicted octanol–water partition coefficient (Wildman–Crippen LogP) is 2.59. The number of morpholine rings is 1. The van der Waals surface area contributed by atoms with E-state index >= 15 is 0 Å². The fraction of sp³-hybridized carbons (Fsp3) is 0.438. The molecule has 1 aromatic heterocycles. The number of hydrogen-bond donors (Lipinski definition) is 1. The van der Waals surface area contributed by atoms with Crippen LogP contribution in [0.3, 0.4) is 0 Å². The first-order chi connectivity index (χ1) is 12.1. The van der Waals surface area contributed by atoms with E-state index in [1.165, 1.54) is 11.8 Å². The molecule has 2 heterocycles. The molecule has 1 fully saturated rings. The second kappa shape index (κ2) is 8.66. The molecule has 0 spiro atoms. The number of aromatic nitrogens is 2. The van der Waals surface area contributed by atoms with Gasteiger partial charge in [-0.3, -0.25) is 9.69 Å². The highest BCUT2D eigenvalue weighted by Crippen LogP contribution is 2.21. The van der Waals surface area contributed by atoms with E-state index in [4.69, 9.17) is 20.8 Å². The Labute approximate surface area is 155 Å². The lowest BCUT2D eigenvalue weighted by Crippen LogP contribution is -2.35.